The molecule has 4 nitrogen and oxygen atoms in total. The summed E-state index contributed by atoms with van der Waals surface area (Å²) in [7, 11) is 0. The van der Waals surface area contributed by atoms with Gasteiger partial charge < -0.3 is 5.32 Å². The zero-order chi connectivity index (χ0) is 11.4. The largest absolute Gasteiger partial charge is 0.312 e. The molecule has 0 radical (unpaired) electrons. The third-order valence-electron chi connectivity index (χ3n) is 3.08. The third kappa shape index (κ3) is 2.83. The fourth-order valence-electron chi connectivity index (χ4n) is 2.29. The standard InChI is InChI=1S/C12H22N4/c1-3-7-16-12(4-5-14-16)10-15-8-6-13-11(2)9-15/h4-5,11,13H,3,6-10H2,1-2H3. The fourth-order valence-corrected chi connectivity index (χ4v) is 2.29. The van der Waals surface area contributed by atoms with Gasteiger partial charge in [0.15, 0.2) is 0 Å². The highest BCUT2D eigenvalue weighted by Crippen LogP contribution is 2.07. The number of hydrogen-bond donors (Lipinski definition) is 1. The number of nitrogens with zero attached hydrogens (tertiary/aromatic N) is 3. The van der Waals surface area contributed by atoms with E-state index in [0.717, 1.165) is 39.1 Å². The molecule has 0 bridgehead atoms. The average molecular weight is 222 g/mol. The van der Waals surface area contributed by atoms with E-state index in [9.17, 15) is 0 Å². The Hall–Kier alpha value is -0.870. The second-order valence-corrected chi connectivity index (χ2v) is 4.64. The topological polar surface area (TPSA) is 33.1 Å². The van der Waals surface area contributed by atoms with Gasteiger partial charge in [0.05, 0.1) is 5.69 Å². The first-order valence-electron chi connectivity index (χ1n) is 6.26. The van der Waals surface area contributed by atoms with Crippen molar-refractivity contribution >= 4 is 0 Å². The van der Waals surface area contributed by atoms with Crippen LogP contribution in [0, 0.1) is 0 Å². The van der Waals surface area contributed by atoms with Crippen LogP contribution in [0.5, 0.6) is 0 Å². The molecule has 1 atom stereocenters. The van der Waals surface area contributed by atoms with Crippen LogP contribution in [-0.2, 0) is 13.1 Å². The van der Waals surface area contributed by atoms with E-state index in [1.165, 1.54) is 5.69 Å². The maximum absolute atomic E-state index is 4.36. The van der Waals surface area contributed by atoms with E-state index in [4.69, 9.17) is 0 Å². The molecule has 1 aliphatic rings. The number of aromatic nitrogens is 2. The first kappa shape index (κ1) is 11.6. The van der Waals surface area contributed by atoms with E-state index >= 15 is 0 Å². The quantitative estimate of drug-likeness (QED) is 0.828. The van der Waals surface area contributed by atoms with E-state index in [1.54, 1.807) is 0 Å². The Kier molecular flexibility index (Phi) is 3.96. The molecule has 1 aliphatic heterocycles. The molecule has 0 aliphatic carbocycles. The lowest BCUT2D eigenvalue weighted by atomic mass is 10.2. The van der Waals surface area contributed by atoms with Crippen LogP contribution in [0.2, 0.25) is 0 Å². The summed E-state index contributed by atoms with van der Waals surface area (Å²) in [5, 5.41) is 7.83. The third-order valence-corrected chi connectivity index (χ3v) is 3.08. The van der Waals surface area contributed by atoms with Crippen molar-refractivity contribution in [3.05, 3.63) is 18.0 Å². The number of aryl methyl sites for hydroxylation is 1. The molecule has 2 rings (SSSR count). The zero-order valence-corrected chi connectivity index (χ0v) is 10.3. The second-order valence-electron chi connectivity index (χ2n) is 4.64. The molecule has 0 spiro atoms. The number of hydrogen-bond acceptors (Lipinski definition) is 3. The molecule has 0 saturated carbocycles. The van der Waals surface area contributed by atoms with Gasteiger partial charge in [-0.25, -0.2) is 0 Å². The van der Waals surface area contributed by atoms with Gasteiger partial charge in [-0.3, -0.25) is 9.58 Å². The van der Waals surface area contributed by atoms with E-state index in [0.29, 0.717) is 6.04 Å². The van der Waals surface area contributed by atoms with Gasteiger partial charge in [-0.1, -0.05) is 6.92 Å². The van der Waals surface area contributed by atoms with Gasteiger partial charge in [-0.2, -0.15) is 5.10 Å². The lowest BCUT2D eigenvalue weighted by Crippen LogP contribution is -2.48. The van der Waals surface area contributed by atoms with Crippen molar-refractivity contribution < 1.29 is 0 Å². The van der Waals surface area contributed by atoms with Gasteiger partial charge in [0.1, 0.15) is 0 Å². The number of rotatable bonds is 4. The molecular weight excluding hydrogens is 200 g/mol. The summed E-state index contributed by atoms with van der Waals surface area (Å²) in [6.45, 7) is 9.88. The summed E-state index contributed by atoms with van der Waals surface area (Å²) in [6.07, 6.45) is 3.06. The van der Waals surface area contributed by atoms with Gasteiger partial charge in [0.25, 0.3) is 0 Å². The van der Waals surface area contributed by atoms with Crippen molar-refractivity contribution in [2.75, 3.05) is 19.6 Å². The summed E-state index contributed by atoms with van der Waals surface area (Å²) in [5.41, 5.74) is 1.34. The monoisotopic (exact) mass is 222 g/mol. The van der Waals surface area contributed by atoms with Crippen LogP contribution in [0.3, 0.4) is 0 Å². The van der Waals surface area contributed by atoms with E-state index in [1.807, 2.05) is 6.20 Å². The van der Waals surface area contributed by atoms with Crippen molar-refractivity contribution in [3.63, 3.8) is 0 Å². The summed E-state index contributed by atoms with van der Waals surface area (Å²) in [6, 6.07) is 2.75. The van der Waals surface area contributed by atoms with Crippen LogP contribution < -0.4 is 5.32 Å². The molecule has 16 heavy (non-hydrogen) atoms. The first-order valence-corrected chi connectivity index (χ1v) is 6.26. The molecule has 90 valence electrons. The summed E-state index contributed by atoms with van der Waals surface area (Å²) in [5.74, 6) is 0. The van der Waals surface area contributed by atoms with Crippen LogP contribution in [0.4, 0.5) is 0 Å². The van der Waals surface area contributed by atoms with Crippen LogP contribution >= 0.6 is 0 Å². The fraction of sp³-hybridized carbons (Fsp3) is 0.750. The maximum Gasteiger partial charge on any atom is 0.0524 e. The normalized spacial score (nSPS) is 22.5. The van der Waals surface area contributed by atoms with Gasteiger partial charge in [-0.05, 0) is 19.4 Å². The van der Waals surface area contributed by atoms with Gasteiger partial charge in [0.2, 0.25) is 0 Å². The molecule has 4 heteroatoms. The highest BCUT2D eigenvalue weighted by molar-refractivity contribution is 5.01. The maximum atomic E-state index is 4.36. The summed E-state index contributed by atoms with van der Waals surface area (Å²) < 4.78 is 2.13. The summed E-state index contributed by atoms with van der Waals surface area (Å²) in [4.78, 5) is 2.50. The molecule has 1 aromatic rings. The predicted octanol–water partition coefficient (Wildman–Crippen LogP) is 1.09. The molecule has 2 heterocycles. The molecule has 0 amide bonds. The van der Waals surface area contributed by atoms with Crippen molar-refractivity contribution in [3.8, 4) is 0 Å². The lowest BCUT2D eigenvalue weighted by molar-refractivity contribution is 0.194. The molecule has 1 aromatic heterocycles. The van der Waals surface area contributed by atoms with Crippen molar-refractivity contribution in [2.45, 2.75) is 39.4 Å². The Balaban J connectivity index is 1.94. The minimum atomic E-state index is 0.608. The molecular formula is C12H22N4. The molecule has 0 aromatic carbocycles. The second kappa shape index (κ2) is 5.46. The predicted molar refractivity (Wildman–Crippen MR) is 65.3 cm³/mol. The number of piperazine rings is 1. The van der Waals surface area contributed by atoms with Crippen LogP contribution in [-0.4, -0.2) is 40.4 Å². The van der Waals surface area contributed by atoms with Crippen molar-refractivity contribution in [2.24, 2.45) is 0 Å². The Bertz CT molecular complexity index is 321. The molecule has 1 N–H and O–H groups in total. The Morgan fingerprint density at radius 3 is 3.19 bits per heavy atom. The summed E-state index contributed by atoms with van der Waals surface area (Å²) >= 11 is 0. The van der Waals surface area contributed by atoms with E-state index < -0.39 is 0 Å². The zero-order valence-electron chi connectivity index (χ0n) is 10.3. The molecule has 1 saturated heterocycles. The van der Waals surface area contributed by atoms with E-state index in [-0.39, 0.29) is 0 Å². The Labute approximate surface area is 97.6 Å². The Morgan fingerprint density at radius 2 is 2.44 bits per heavy atom. The average Bonchev–Trinajstić information content (AvgIpc) is 2.66. The minimum Gasteiger partial charge on any atom is -0.312 e. The van der Waals surface area contributed by atoms with Crippen molar-refractivity contribution in [1.82, 2.24) is 20.0 Å². The van der Waals surface area contributed by atoms with Crippen LogP contribution in [0.1, 0.15) is 26.0 Å². The van der Waals surface area contributed by atoms with Gasteiger partial charge >= 0.3 is 0 Å². The SMILES string of the molecule is CCCn1nccc1CN1CCNC(C)C1. The Morgan fingerprint density at radius 1 is 1.56 bits per heavy atom. The van der Waals surface area contributed by atoms with E-state index in [2.05, 4.69) is 39.9 Å². The molecule has 1 fully saturated rings. The number of nitrogens with one attached hydrogen (secondary N) is 1. The highest BCUT2D eigenvalue weighted by atomic mass is 15.3. The van der Waals surface area contributed by atoms with Gasteiger partial charge in [-0.15, -0.1) is 0 Å². The smallest absolute Gasteiger partial charge is 0.0524 e. The van der Waals surface area contributed by atoms with Gasteiger partial charge in [0, 0.05) is 45.0 Å². The highest BCUT2D eigenvalue weighted by Gasteiger charge is 2.16. The lowest BCUT2D eigenvalue weighted by Gasteiger charge is -2.31. The molecule has 1 unspecified atom stereocenters. The van der Waals surface area contributed by atoms with Crippen LogP contribution in [0.25, 0.3) is 0 Å². The van der Waals surface area contributed by atoms with Crippen LogP contribution in [0.15, 0.2) is 12.3 Å². The minimum absolute atomic E-state index is 0.608. The van der Waals surface area contributed by atoms with Crippen molar-refractivity contribution in [1.29, 1.82) is 0 Å². The first-order chi connectivity index (χ1) is 7.79.